The molecule has 0 radical (unpaired) electrons. The Morgan fingerprint density at radius 1 is 1.20 bits per heavy atom. The third-order valence-corrected chi connectivity index (χ3v) is 2.55. The molecule has 0 aliphatic rings. The van der Waals surface area contributed by atoms with Crippen molar-refractivity contribution in [3.63, 3.8) is 0 Å². The van der Waals surface area contributed by atoms with Crippen LogP contribution in [-0.2, 0) is 14.4 Å². The summed E-state index contributed by atoms with van der Waals surface area (Å²) in [6.45, 7) is 0.436. The van der Waals surface area contributed by atoms with Gasteiger partial charge in [-0.1, -0.05) is 0 Å². The van der Waals surface area contributed by atoms with Crippen molar-refractivity contribution in [3.8, 4) is 0 Å². The molecule has 20 heavy (non-hydrogen) atoms. The second kappa shape index (κ2) is 12.1. The predicted molar refractivity (Wildman–Crippen MR) is 64.7 cm³/mol. The third kappa shape index (κ3) is 10.2. The molecule has 1 amide bonds. The molecular formula is C11H20N3NaO5. The quantitative estimate of drug-likeness (QED) is 0.231. The smallest absolute Gasteiger partial charge is 0.548 e. The minimum absolute atomic E-state index is 0. The maximum absolute atomic E-state index is 11.6. The van der Waals surface area contributed by atoms with Crippen LogP contribution in [0.5, 0.6) is 0 Å². The first-order valence-corrected chi connectivity index (χ1v) is 6.07. The summed E-state index contributed by atoms with van der Waals surface area (Å²) >= 11 is 0. The summed E-state index contributed by atoms with van der Waals surface area (Å²) in [5, 5.41) is 21.5. The fourth-order valence-corrected chi connectivity index (χ4v) is 1.43. The number of carboxylic acids is 2. The normalized spacial score (nSPS) is 12.9. The molecule has 0 aromatic heterocycles. The summed E-state index contributed by atoms with van der Waals surface area (Å²) < 4.78 is 0. The maximum atomic E-state index is 11.6. The Bertz CT molecular complexity index is 327. The summed E-state index contributed by atoms with van der Waals surface area (Å²) in [7, 11) is 0. The van der Waals surface area contributed by atoms with Crippen LogP contribution >= 0.6 is 0 Å². The first kappa shape index (κ1) is 21.6. The number of nitrogens with one attached hydrogen (secondary N) is 1. The Kier molecular flexibility index (Phi) is 13.1. The molecular weight excluding hydrogens is 277 g/mol. The molecule has 0 saturated heterocycles. The Hall–Kier alpha value is -0.670. The fraction of sp³-hybridized carbons (Fsp3) is 0.727. The van der Waals surface area contributed by atoms with Crippen molar-refractivity contribution in [2.45, 2.75) is 44.2 Å². The number of carbonyl (C=O) groups excluding carboxylic acids is 2. The Labute approximate surface area is 139 Å². The second-order valence-electron chi connectivity index (χ2n) is 4.20. The van der Waals surface area contributed by atoms with Gasteiger partial charge in [0.2, 0.25) is 5.91 Å². The van der Waals surface area contributed by atoms with Crippen LogP contribution in [0.2, 0.25) is 0 Å². The Balaban J connectivity index is 0. The largest absolute Gasteiger partial charge is 1.00 e. The van der Waals surface area contributed by atoms with Gasteiger partial charge in [-0.2, -0.15) is 0 Å². The van der Waals surface area contributed by atoms with Gasteiger partial charge in [-0.25, -0.2) is 0 Å². The van der Waals surface area contributed by atoms with Gasteiger partial charge in [0.1, 0.15) is 0 Å². The van der Waals surface area contributed by atoms with Gasteiger partial charge < -0.3 is 31.8 Å². The van der Waals surface area contributed by atoms with Crippen LogP contribution in [0.15, 0.2) is 0 Å². The van der Waals surface area contributed by atoms with Crippen molar-refractivity contribution in [3.05, 3.63) is 0 Å². The molecule has 0 bridgehead atoms. The van der Waals surface area contributed by atoms with E-state index in [-0.39, 0.29) is 48.8 Å². The number of carboxylic acid groups (broad SMARTS) is 2. The van der Waals surface area contributed by atoms with Crippen molar-refractivity contribution in [1.29, 1.82) is 0 Å². The van der Waals surface area contributed by atoms with E-state index in [1.165, 1.54) is 0 Å². The number of carbonyl (C=O) groups is 3. The zero-order valence-electron chi connectivity index (χ0n) is 11.6. The maximum Gasteiger partial charge on any atom is 1.00 e. The molecule has 0 aliphatic heterocycles. The van der Waals surface area contributed by atoms with E-state index in [9.17, 15) is 19.5 Å². The molecule has 0 aromatic carbocycles. The van der Waals surface area contributed by atoms with Crippen molar-refractivity contribution in [2.75, 3.05) is 6.54 Å². The van der Waals surface area contributed by atoms with Gasteiger partial charge in [-0.3, -0.25) is 9.59 Å². The zero-order valence-corrected chi connectivity index (χ0v) is 13.6. The van der Waals surface area contributed by atoms with Gasteiger partial charge in [-0.05, 0) is 32.2 Å². The molecule has 0 rings (SSSR count). The van der Waals surface area contributed by atoms with E-state index in [1.54, 1.807) is 0 Å². The van der Waals surface area contributed by atoms with Crippen molar-refractivity contribution >= 4 is 17.8 Å². The summed E-state index contributed by atoms with van der Waals surface area (Å²) in [6.07, 6.45) is 1.09. The SMILES string of the molecule is NCCCC[C@H](NC(=O)[C@@H](N)CCC(=O)O)C(=O)[O-].[Na+]. The number of nitrogens with two attached hydrogens (primary N) is 2. The van der Waals surface area contributed by atoms with E-state index in [4.69, 9.17) is 16.6 Å². The summed E-state index contributed by atoms with van der Waals surface area (Å²) in [5.41, 5.74) is 10.7. The predicted octanol–water partition coefficient (Wildman–Crippen LogP) is -5.45. The molecule has 2 atom stereocenters. The molecule has 110 valence electrons. The molecule has 0 aliphatic carbocycles. The first-order chi connectivity index (χ1) is 8.88. The number of hydrogen-bond donors (Lipinski definition) is 4. The summed E-state index contributed by atoms with van der Waals surface area (Å²) in [4.78, 5) is 32.7. The van der Waals surface area contributed by atoms with Crippen LogP contribution in [0.4, 0.5) is 0 Å². The monoisotopic (exact) mass is 297 g/mol. The van der Waals surface area contributed by atoms with E-state index >= 15 is 0 Å². The van der Waals surface area contributed by atoms with E-state index in [0.29, 0.717) is 19.4 Å². The minimum Gasteiger partial charge on any atom is -0.548 e. The molecule has 0 unspecified atom stereocenters. The molecule has 8 nitrogen and oxygen atoms in total. The Morgan fingerprint density at radius 2 is 1.80 bits per heavy atom. The van der Waals surface area contributed by atoms with Crippen LogP contribution < -0.4 is 51.4 Å². The van der Waals surface area contributed by atoms with Gasteiger partial charge >= 0.3 is 35.5 Å². The zero-order chi connectivity index (χ0) is 14.8. The molecule has 0 heterocycles. The third-order valence-electron chi connectivity index (χ3n) is 2.55. The van der Waals surface area contributed by atoms with E-state index in [2.05, 4.69) is 5.32 Å². The Morgan fingerprint density at radius 3 is 2.25 bits per heavy atom. The molecule has 0 fully saturated rings. The van der Waals surface area contributed by atoms with Crippen LogP contribution in [0.25, 0.3) is 0 Å². The molecule has 6 N–H and O–H groups in total. The molecule has 9 heteroatoms. The number of rotatable bonds is 10. The minimum atomic E-state index is -1.39. The average molecular weight is 297 g/mol. The second-order valence-corrected chi connectivity index (χ2v) is 4.20. The van der Waals surface area contributed by atoms with Gasteiger partial charge in [0.25, 0.3) is 0 Å². The van der Waals surface area contributed by atoms with Crippen LogP contribution in [0.3, 0.4) is 0 Å². The van der Waals surface area contributed by atoms with E-state index in [1.807, 2.05) is 0 Å². The molecule has 0 saturated carbocycles. The number of amides is 1. The van der Waals surface area contributed by atoms with Crippen LogP contribution in [0.1, 0.15) is 32.1 Å². The van der Waals surface area contributed by atoms with Crippen molar-refractivity contribution in [1.82, 2.24) is 5.32 Å². The summed E-state index contributed by atoms with van der Waals surface area (Å²) in [6, 6.07) is -2.18. The standard InChI is InChI=1S/C11H21N3O5.Na/c12-6-2-1-3-8(11(18)19)14-10(17)7(13)4-5-9(15)16;/h7-8H,1-6,12-13H2,(H,14,17)(H,15,16)(H,18,19);/q;+1/p-1/t7-,8-;/m0./s1. The summed E-state index contributed by atoms with van der Waals surface area (Å²) in [5.74, 6) is -3.15. The molecule has 0 spiro atoms. The number of hydrogen-bond acceptors (Lipinski definition) is 6. The molecule has 0 aromatic rings. The topological polar surface area (TPSA) is 159 Å². The number of aliphatic carboxylic acids is 2. The van der Waals surface area contributed by atoms with E-state index < -0.39 is 29.9 Å². The van der Waals surface area contributed by atoms with Crippen molar-refractivity contribution in [2.24, 2.45) is 11.5 Å². The van der Waals surface area contributed by atoms with Gasteiger partial charge in [0.15, 0.2) is 0 Å². The van der Waals surface area contributed by atoms with Gasteiger partial charge in [0, 0.05) is 6.42 Å². The van der Waals surface area contributed by atoms with Crippen molar-refractivity contribution < 1.29 is 54.2 Å². The first-order valence-electron chi connectivity index (χ1n) is 6.07. The van der Waals surface area contributed by atoms with Crippen LogP contribution in [-0.4, -0.2) is 41.6 Å². The average Bonchev–Trinajstić information content (AvgIpc) is 2.34. The van der Waals surface area contributed by atoms with Crippen LogP contribution in [0, 0.1) is 0 Å². The fourth-order valence-electron chi connectivity index (χ4n) is 1.43. The van der Waals surface area contributed by atoms with Gasteiger partial charge in [-0.15, -0.1) is 0 Å². The van der Waals surface area contributed by atoms with Gasteiger partial charge in [0.05, 0.1) is 18.1 Å². The number of unbranched alkanes of at least 4 members (excludes halogenated alkanes) is 1. The van der Waals surface area contributed by atoms with E-state index in [0.717, 1.165) is 0 Å².